The summed E-state index contributed by atoms with van der Waals surface area (Å²) in [5, 5.41) is 10.2. The Morgan fingerprint density at radius 3 is 2.89 bits per heavy atom. The molecule has 0 saturated heterocycles. The van der Waals surface area contributed by atoms with E-state index in [0.717, 1.165) is 25.1 Å². The zero-order valence-corrected chi connectivity index (χ0v) is 13.1. The second-order valence-electron chi connectivity index (χ2n) is 4.32. The predicted octanol–water partition coefficient (Wildman–Crippen LogP) is 3.53. The van der Waals surface area contributed by atoms with Crippen molar-refractivity contribution in [1.29, 1.82) is 0 Å². The summed E-state index contributed by atoms with van der Waals surface area (Å²) in [6, 6.07) is 4.49. The van der Waals surface area contributed by atoms with Gasteiger partial charge in [-0.15, -0.1) is 11.3 Å². The normalized spacial score (nSPS) is 12.8. The minimum absolute atomic E-state index is 0.293. The standard InChI is InChI=1S/C13H18BrN3S/c1-3-6-15-12(11-4-7-17(2)16-11)9-13-10(14)5-8-18-13/h4-5,7-8,12,15H,3,6,9H2,1-2H3. The molecule has 0 spiro atoms. The molecule has 0 aliphatic carbocycles. The van der Waals surface area contributed by atoms with Crippen LogP contribution in [0.25, 0.3) is 0 Å². The Balaban J connectivity index is 2.12. The van der Waals surface area contributed by atoms with Gasteiger partial charge in [-0.25, -0.2) is 0 Å². The SMILES string of the molecule is CCCNC(Cc1sccc1Br)c1ccn(C)n1. The summed E-state index contributed by atoms with van der Waals surface area (Å²) >= 11 is 5.39. The van der Waals surface area contributed by atoms with Crippen LogP contribution in [0.5, 0.6) is 0 Å². The van der Waals surface area contributed by atoms with E-state index in [1.54, 1.807) is 11.3 Å². The lowest BCUT2D eigenvalue weighted by Crippen LogP contribution is -2.24. The van der Waals surface area contributed by atoms with Gasteiger partial charge in [-0.1, -0.05) is 6.92 Å². The summed E-state index contributed by atoms with van der Waals surface area (Å²) in [5.41, 5.74) is 1.12. The number of nitrogens with one attached hydrogen (secondary N) is 1. The molecule has 0 aliphatic rings. The third-order valence-corrected chi connectivity index (χ3v) is 4.76. The molecular formula is C13H18BrN3S. The van der Waals surface area contributed by atoms with Crippen molar-refractivity contribution in [2.24, 2.45) is 7.05 Å². The van der Waals surface area contributed by atoms with Gasteiger partial charge in [0.15, 0.2) is 0 Å². The van der Waals surface area contributed by atoms with Crippen LogP contribution in [0.3, 0.4) is 0 Å². The molecule has 1 N–H and O–H groups in total. The topological polar surface area (TPSA) is 29.9 Å². The highest BCUT2D eigenvalue weighted by atomic mass is 79.9. The Morgan fingerprint density at radius 1 is 1.50 bits per heavy atom. The molecule has 0 bridgehead atoms. The van der Waals surface area contributed by atoms with Crippen molar-refractivity contribution in [3.8, 4) is 0 Å². The zero-order chi connectivity index (χ0) is 13.0. The number of nitrogens with zero attached hydrogens (tertiary/aromatic N) is 2. The van der Waals surface area contributed by atoms with Gasteiger partial charge in [-0.05, 0) is 46.4 Å². The van der Waals surface area contributed by atoms with Gasteiger partial charge < -0.3 is 5.32 Å². The fourth-order valence-electron chi connectivity index (χ4n) is 1.87. The molecule has 0 fully saturated rings. The summed E-state index contributed by atoms with van der Waals surface area (Å²) in [4.78, 5) is 1.37. The third-order valence-electron chi connectivity index (χ3n) is 2.81. The molecule has 2 rings (SSSR count). The van der Waals surface area contributed by atoms with Crippen molar-refractivity contribution in [3.63, 3.8) is 0 Å². The first-order valence-corrected chi connectivity index (χ1v) is 7.82. The summed E-state index contributed by atoms with van der Waals surface area (Å²) < 4.78 is 3.06. The van der Waals surface area contributed by atoms with Gasteiger partial charge in [-0.3, -0.25) is 4.68 Å². The molecule has 2 aromatic rings. The molecule has 0 aliphatic heterocycles. The largest absolute Gasteiger partial charge is 0.308 e. The molecule has 18 heavy (non-hydrogen) atoms. The molecule has 0 radical (unpaired) electrons. The van der Waals surface area contributed by atoms with E-state index in [9.17, 15) is 0 Å². The predicted molar refractivity (Wildman–Crippen MR) is 80.0 cm³/mol. The highest BCUT2D eigenvalue weighted by Gasteiger charge is 2.16. The molecule has 0 aromatic carbocycles. The van der Waals surface area contributed by atoms with Crippen LogP contribution in [0.2, 0.25) is 0 Å². The van der Waals surface area contributed by atoms with E-state index in [-0.39, 0.29) is 0 Å². The van der Waals surface area contributed by atoms with Gasteiger partial charge >= 0.3 is 0 Å². The van der Waals surface area contributed by atoms with Crippen molar-refractivity contribution in [2.45, 2.75) is 25.8 Å². The van der Waals surface area contributed by atoms with Crippen LogP contribution in [-0.4, -0.2) is 16.3 Å². The molecule has 1 unspecified atom stereocenters. The number of halogens is 1. The maximum absolute atomic E-state index is 4.52. The fraction of sp³-hybridized carbons (Fsp3) is 0.462. The number of aromatic nitrogens is 2. The van der Waals surface area contributed by atoms with E-state index in [4.69, 9.17) is 0 Å². The van der Waals surface area contributed by atoms with E-state index < -0.39 is 0 Å². The van der Waals surface area contributed by atoms with Crippen LogP contribution < -0.4 is 5.32 Å². The summed E-state index contributed by atoms with van der Waals surface area (Å²) in [6.45, 7) is 3.20. The van der Waals surface area contributed by atoms with E-state index >= 15 is 0 Å². The Labute approximate surface area is 120 Å². The van der Waals surface area contributed by atoms with E-state index in [0.29, 0.717) is 6.04 Å². The van der Waals surface area contributed by atoms with Crippen LogP contribution >= 0.6 is 27.3 Å². The first-order chi connectivity index (χ1) is 8.70. The second-order valence-corrected chi connectivity index (χ2v) is 6.17. The van der Waals surface area contributed by atoms with Gasteiger partial charge in [0.05, 0.1) is 11.7 Å². The Bertz CT molecular complexity index is 492. The summed E-state index contributed by atoms with van der Waals surface area (Å²) in [5.74, 6) is 0. The van der Waals surface area contributed by atoms with Crippen molar-refractivity contribution < 1.29 is 0 Å². The minimum atomic E-state index is 0.293. The highest BCUT2D eigenvalue weighted by Crippen LogP contribution is 2.27. The number of aryl methyl sites for hydroxylation is 1. The maximum atomic E-state index is 4.52. The van der Waals surface area contributed by atoms with Gasteiger partial charge in [0.25, 0.3) is 0 Å². The van der Waals surface area contributed by atoms with Crippen LogP contribution in [0, 0.1) is 0 Å². The van der Waals surface area contributed by atoms with Crippen molar-refractivity contribution >= 4 is 27.3 Å². The van der Waals surface area contributed by atoms with Crippen LogP contribution in [0.15, 0.2) is 28.2 Å². The maximum Gasteiger partial charge on any atom is 0.0797 e. The van der Waals surface area contributed by atoms with E-state index in [2.05, 4.69) is 50.8 Å². The molecule has 2 aromatic heterocycles. The van der Waals surface area contributed by atoms with Gasteiger partial charge in [0.2, 0.25) is 0 Å². The quantitative estimate of drug-likeness (QED) is 0.879. The average molecular weight is 328 g/mol. The third kappa shape index (κ3) is 3.43. The lowest BCUT2D eigenvalue weighted by atomic mass is 10.1. The lowest BCUT2D eigenvalue weighted by molar-refractivity contribution is 0.513. The Kier molecular flexibility index (Phi) is 4.97. The van der Waals surface area contributed by atoms with E-state index in [1.165, 1.54) is 9.35 Å². The average Bonchev–Trinajstić information content (AvgIpc) is 2.94. The van der Waals surface area contributed by atoms with Gasteiger partial charge in [0.1, 0.15) is 0 Å². The molecule has 0 amide bonds. The Hall–Kier alpha value is -0.650. The first-order valence-electron chi connectivity index (χ1n) is 6.15. The second kappa shape index (κ2) is 6.50. The van der Waals surface area contributed by atoms with Crippen molar-refractivity contribution in [2.75, 3.05) is 6.54 Å². The molecule has 5 heteroatoms. The number of hydrogen-bond donors (Lipinski definition) is 1. The molecule has 0 saturated carbocycles. The molecular weight excluding hydrogens is 310 g/mol. The smallest absolute Gasteiger partial charge is 0.0797 e. The summed E-state index contributed by atoms with van der Waals surface area (Å²) in [7, 11) is 1.96. The van der Waals surface area contributed by atoms with Crippen LogP contribution in [0.4, 0.5) is 0 Å². The molecule has 2 heterocycles. The fourth-order valence-corrected chi connectivity index (χ4v) is 3.44. The zero-order valence-electron chi connectivity index (χ0n) is 10.7. The summed E-state index contributed by atoms with van der Waals surface area (Å²) in [6.07, 6.45) is 4.11. The van der Waals surface area contributed by atoms with Crippen LogP contribution in [-0.2, 0) is 13.5 Å². The van der Waals surface area contributed by atoms with Gasteiger partial charge in [-0.2, -0.15) is 5.10 Å². The minimum Gasteiger partial charge on any atom is -0.308 e. The molecule has 1 atom stereocenters. The Morgan fingerprint density at radius 2 is 2.33 bits per heavy atom. The molecule has 3 nitrogen and oxygen atoms in total. The van der Waals surface area contributed by atoms with Crippen molar-refractivity contribution in [1.82, 2.24) is 15.1 Å². The van der Waals surface area contributed by atoms with Crippen molar-refractivity contribution in [3.05, 3.63) is 38.8 Å². The van der Waals surface area contributed by atoms with Gasteiger partial charge in [0, 0.05) is 29.0 Å². The number of thiophene rings is 1. The van der Waals surface area contributed by atoms with E-state index in [1.807, 2.05) is 17.9 Å². The first kappa shape index (κ1) is 13.8. The number of hydrogen-bond acceptors (Lipinski definition) is 3. The molecule has 98 valence electrons. The lowest BCUT2D eigenvalue weighted by Gasteiger charge is -2.16. The monoisotopic (exact) mass is 327 g/mol. The highest BCUT2D eigenvalue weighted by molar-refractivity contribution is 9.10. The van der Waals surface area contributed by atoms with Crippen LogP contribution in [0.1, 0.15) is 30.0 Å². The number of rotatable bonds is 6.